The van der Waals surface area contributed by atoms with E-state index in [0.29, 0.717) is 28.7 Å². The number of aromatic nitrogens is 2. The van der Waals surface area contributed by atoms with Crippen molar-refractivity contribution in [1.82, 2.24) is 15.1 Å². The zero-order valence-corrected chi connectivity index (χ0v) is 14.3. The van der Waals surface area contributed by atoms with E-state index in [9.17, 15) is 4.79 Å². The molecule has 22 heavy (non-hydrogen) atoms. The molecule has 2 heterocycles. The molecule has 1 aliphatic rings. The van der Waals surface area contributed by atoms with Crippen LogP contribution in [-0.2, 0) is 0 Å². The average molecular weight is 357 g/mol. The summed E-state index contributed by atoms with van der Waals surface area (Å²) in [6.07, 6.45) is 0. The van der Waals surface area contributed by atoms with Crippen LogP contribution in [0.25, 0.3) is 0 Å². The summed E-state index contributed by atoms with van der Waals surface area (Å²) in [5.41, 5.74) is 0.492. The molecule has 0 aliphatic carbocycles. The molecule has 116 valence electrons. The Kier molecular flexibility index (Phi) is 4.52. The van der Waals surface area contributed by atoms with E-state index in [1.165, 1.54) is 0 Å². The van der Waals surface area contributed by atoms with Crippen molar-refractivity contribution in [2.24, 2.45) is 0 Å². The molecule has 1 aromatic heterocycles. The maximum atomic E-state index is 12.5. The minimum atomic E-state index is -0.0604. The molecule has 0 bridgehead atoms. The molecular formula is C14H14Cl2N4OS. The Bertz CT molecular complexity index is 698. The monoisotopic (exact) mass is 356 g/mol. The Hall–Kier alpha value is -1.37. The number of benzene rings is 1. The fourth-order valence-corrected chi connectivity index (χ4v) is 3.58. The van der Waals surface area contributed by atoms with Crippen LogP contribution in [0.3, 0.4) is 0 Å². The van der Waals surface area contributed by atoms with Gasteiger partial charge in [-0.2, -0.15) is 0 Å². The number of rotatable bonds is 2. The van der Waals surface area contributed by atoms with Crippen molar-refractivity contribution in [2.75, 3.05) is 31.1 Å². The van der Waals surface area contributed by atoms with Crippen LogP contribution in [0.4, 0.5) is 5.13 Å². The zero-order chi connectivity index (χ0) is 15.7. The van der Waals surface area contributed by atoms with Gasteiger partial charge in [-0.3, -0.25) is 4.79 Å². The molecule has 0 unspecified atom stereocenters. The first-order valence-electron chi connectivity index (χ1n) is 6.84. The Morgan fingerprint density at radius 1 is 1.18 bits per heavy atom. The average Bonchev–Trinajstić information content (AvgIpc) is 2.93. The summed E-state index contributed by atoms with van der Waals surface area (Å²) in [5, 5.41) is 10.9. The van der Waals surface area contributed by atoms with Crippen LogP contribution in [0, 0.1) is 6.92 Å². The second-order valence-electron chi connectivity index (χ2n) is 5.01. The lowest BCUT2D eigenvalue weighted by atomic mass is 10.2. The van der Waals surface area contributed by atoms with Gasteiger partial charge in [-0.15, -0.1) is 10.2 Å². The van der Waals surface area contributed by atoms with E-state index in [0.717, 1.165) is 23.2 Å². The predicted molar refractivity (Wildman–Crippen MR) is 89.2 cm³/mol. The van der Waals surface area contributed by atoms with E-state index in [1.807, 2.05) is 6.92 Å². The number of hydrogen-bond donors (Lipinski definition) is 0. The maximum Gasteiger partial charge on any atom is 0.255 e. The fourth-order valence-electron chi connectivity index (χ4n) is 2.35. The first-order chi connectivity index (χ1) is 10.5. The van der Waals surface area contributed by atoms with Gasteiger partial charge in [0.1, 0.15) is 5.01 Å². The summed E-state index contributed by atoms with van der Waals surface area (Å²) >= 11 is 13.5. The van der Waals surface area contributed by atoms with E-state index < -0.39 is 0 Å². The zero-order valence-electron chi connectivity index (χ0n) is 11.9. The van der Waals surface area contributed by atoms with Crippen LogP contribution in [0.15, 0.2) is 18.2 Å². The fraction of sp³-hybridized carbons (Fsp3) is 0.357. The van der Waals surface area contributed by atoms with Gasteiger partial charge in [0.05, 0.1) is 10.6 Å². The van der Waals surface area contributed by atoms with E-state index in [-0.39, 0.29) is 5.91 Å². The van der Waals surface area contributed by atoms with Gasteiger partial charge in [-0.1, -0.05) is 34.5 Å². The maximum absolute atomic E-state index is 12.5. The lowest BCUT2D eigenvalue weighted by Gasteiger charge is -2.34. The third-order valence-corrected chi connectivity index (χ3v) is 4.96. The van der Waals surface area contributed by atoms with Crippen LogP contribution < -0.4 is 4.90 Å². The van der Waals surface area contributed by atoms with Crippen LogP contribution in [-0.4, -0.2) is 47.2 Å². The highest BCUT2D eigenvalue weighted by molar-refractivity contribution is 7.15. The molecule has 0 atom stereocenters. The molecule has 1 aromatic carbocycles. The van der Waals surface area contributed by atoms with E-state index >= 15 is 0 Å². The van der Waals surface area contributed by atoms with Crippen LogP contribution in [0.2, 0.25) is 10.0 Å². The molecule has 1 fully saturated rings. The molecule has 0 radical (unpaired) electrons. The highest BCUT2D eigenvalue weighted by Crippen LogP contribution is 2.24. The Morgan fingerprint density at radius 2 is 1.91 bits per heavy atom. The first-order valence-corrected chi connectivity index (χ1v) is 8.41. The SMILES string of the molecule is Cc1nnc(N2CCN(C(=O)c3ccc(Cl)cc3Cl)CC2)s1. The van der Waals surface area contributed by atoms with Crippen LogP contribution in [0.5, 0.6) is 0 Å². The quantitative estimate of drug-likeness (QED) is 0.829. The van der Waals surface area contributed by atoms with Crippen LogP contribution >= 0.6 is 34.5 Å². The van der Waals surface area contributed by atoms with Crippen molar-refractivity contribution in [1.29, 1.82) is 0 Å². The van der Waals surface area contributed by atoms with E-state index in [4.69, 9.17) is 23.2 Å². The van der Waals surface area contributed by atoms with Gasteiger partial charge in [-0.05, 0) is 25.1 Å². The van der Waals surface area contributed by atoms with Gasteiger partial charge < -0.3 is 9.80 Å². The standard InChI is InChI=1S/C14H14Cl2N4OS/c1-9-17-18-14(22-9)20-6-4-19(5-7-20)13(21)11-3-2-10(15)8-12(11)16/h2-3,8H,4-7H2,1H3. The lowest BCUT2D eigenvalue weighted by molar-refractivity contribution is 0.0747. The Labute approximate surface area is 142 Å². The molecule has 0 N–H and O–H groups in total. The largest absolute Gasteiger partial charge is 0.343 e. The summed E-state index contributed by atoms with van der Waals surface area (Å²) in [6, 6.07) is 4.95. The highest BCUT2D eigenvalue weighted by atomic mass is 35.5. The molecule has 8 heteroatoms. The van der Waals surface area contributed by atoms with Crippen molar-refractivity contribution in [2.45, 2.75) is 6.92 Å². The summed E-state index contributed by atoms with van der Waals surface area (Å²) in [4.78, 5) is 16.5. The highest BCUT2D eigenvalue weighted by Gasteiger charge is 2.25. The molecule has 3 rings (SSSR count). The molecule has 1 saturated heterocycles. The second-order valence-corrected chi connectivity index (χ2v) is 7.01. The van der Waals surface area contributed by atoms with Crippen molar-refractivity contribution in [3.8, 4) is 0 Å². The van der Waals surface area contributed by atoms with Crippen molar-refractivity contribution in [3.05, 3.63) is 38.8 Å². The number of piperazine rings is 1. The molecule has 5 nitrogen and oxygen atoms in total. The smallest absolute Gasteiger partial charge is 0.255 e. The van der Waals surface area contributed by atoms with Gasteiger partial charge >= 0.3 is 0 Å². The lowest BCUT2D eigenvalue weighted by Crippen LogP contribution is -2.48. The summed E-state index contributed by atoms with van der Waals surface area (Å²) in [5.74, 6) is -0.0604. The predicted octanol–water partition coefficient (Wildman–Crippen LogP) is 3.12. The van der Waals surface area contributed by atoms with Crippen molar-refractivity contribution >= 4 is 45.6 Å². The first kappa shape index (κ1) is 15.5. The van der Waals surface area contributed by atoms with Gasteiger partial charge in [0.2, 0.25) is 5.13 Å². The van der Waals surface area contributed by atoms with Gasteiger partial charge in [0, 0.05) is 31.2 Å². The third kappa shape index (κ3) is 3.19. The normalized spacial score (nSPS) is 15.2. The molecule has 2 aromatic rings. The summed E-state index contributed by atoms with van der Waals surface area (Å²) in [7, 11) is 0. The number of nitrogens with zero attached hydrogens (tertiary/aromatic N) is 4. The minimum absolute atomic E-state index is 0.0604. The molecule has 0 saturated carbocycles. The number of carbonyl (C=O) groups excluding carboxylic acids is 1. The number of amides is 1. The number of carbonyl (C=O) groups is 1. The number of aryl methyl sites for hydroxylation is 1. The minimum Gasteiger partial charge on any atom is -0.343 e. The number of hydrogen-bond acceptors (Lipinski definition) is 5. The Morgan fingerprint density at radius 3 is 2.50 bits per heavy atom. The van der Waals surface area contributed by atoms with Gasteiger partial charge in [0.15, 0.2) is 0 Å². The molecule has 1 aliphatic heterocycles. The van der Waals surface area contributed by atoms with Gasteiger partial charge in [-0.25, -0.2) is 0 Å². The molecular weight excluding hydrogens is 343 g/mol. The third-order valence-electron chi connectivity index (χ3n) is 3.51. The summed E-state index contributed by atoms with van der Waals surface area (Å²) < 4.78 is 0. The molecule has 1 amide bonds. The van der Waals surface area contributed by atoms with E-state index in [2.05, 4.69) is 15.1 Å². The van der Waals surface area contributed by atoms with Crippen molar-refractivity contribution < 1.29 is 4.79 Å². The Balaban J connectivity index is 1.67. The number of anilines is 1. The summed E-state index contributed by atoms with van der Waals surface area (Å²) in [6.45, 7) is 4.69. The van der Waals surface area contributed by atoms with Gasteiger partial charge in [0.25, 0.3) is 5.91 Å². The van der Waals surface area contributed by atoms with E-state index in [1.54, 1.807) is 34.4 Å². The molecule has 0 spiro atoms. The topological polar surface area (TPSA) is 49.3 Å². The van der Waals surface area contributed by atoms with Crippen molar-refractivity contribution in [3.63, 3.8) is 0 Å². The second kappa shape index (κ2) is 6.40. The van der Waals surface area contributed by atoms with Crippen LogP contribution in [0.1, 0.15) is 15.4 Å². The number of halogens is 2.